The lowest BCUT2D eigenvalue weighted by Gasteiger charge is -2.27. The molecule has 1 N–H and O–H groups in total. The highest BCUT2D eigenvalue weighted by atomic mass is 35.5. The number of carbonyl (C=O) groups is 3. The second kappa shape index (κ2) is 7.25. The van der Waals surface area contributed by atoms with Gasteiger partial charge < -0.3 is 15.0 Å². The summed E-state index contributed by atoms with van der Waals surface area (Å²) in [7, 11) is 0. The number of thiophene rings is 1. The van der Waals surface area contributed by atoms with Gasteiger partial charge in [-0.25, -0.2) is 4.79 Å². The Kier molecular flexibility index (Phi) is 5.06. The molecular weight excluding hydrogens is 364 g/mol. The minimum atomic E-state index is -0.602. The van der Waals surface area contributed by atoms with Crippen LogP contribution in [0.4, 0.5) is 11.4 Å². The van der Waals surface area contributed by atoms with Crippen LogP contribution in [0.15, 0.2) is 36.4 Å². The first-order valence-corrected chi connectivity index (χ1v) is 8.78. The molecule has 0 aliphatic carbocycles. The molecule has 1 aromatic carbocycles. The third-order valence-corrected chi connectivity index (χ3v) is 4.94. The number of esters is 1. The zero-order chi connectivity index (χ0) is 18.0. The Balaban J connectivity index is 1.76. The number of hydrogen-bond acceptors (Lipinski definition) is 5. The lowest BCUT2D eigenvalue weighted by molar-refractivity contribution is -0.122. The molecule has 1 aliphatic rings. The van der Waals surface area contributed by atoms with Crippen molar-refractivity contribution >= 4 is 52.1 Å². The summed E-state index contributed by atoms with van der Waals surface area (Å²) in [4.78, 5) is 38.4. The normalized spacial score (nSPS) is 16.6. The molecule has 8 heteroatoms. The summed E-state index contributed by atoms with van der Waals surface area (Å²) in [5.41, 5.74) is 1.14. The minimum absolute atomic E-state index is 0.162. The fraction of sp³-hybridized carbons (Fsp3) is 0.235. The van der Waals surface area contributed by atoms with Crippen LogP contribution in [-0.4, -0.2) is 30.4 Å². The van der Waals surface area contributed by atoms with Gasteiger partial charge in [0.25, 0.3) is 5.91 Å². The first kappa shape index (κ1) is 17.4. The molecule has 6 nitrogen and oxygen atoms in total. The molecule has 130 valence electrons. The van der Waals surface area contributed by atoms with Crippen LogP contribution in [0.25, 0.3) is 0 Å². The molecule has 1 aliphatic heterocycles. The summed E-state index contributed by atoms with van der Waals surface area (Å²) in [5, 5.41) is 2.78. The van der Waals surface area contributed by atoms with Crippen molar-refractivity contribution in [3.63, 3.8) is 0 Å². The number of para-hydroxylation sites is 2. The van der Waals surface area contributed by atoms with Gasteiger partial charge in [0.05, 0.1) is 15.7 Å². The number of ether oxygens (including phenoxy) is 1. The summed E-state index contributed by atoms with van der Waals surface area (Å²) >= 11 is 6.88. The van der Waals surface area contributed by atoms with E-state index in [9.17, 15) is 14.4 Å². The largest absolute Gasteiger partial charge is 0.451 e. The summed E-state index contributed by atoms with van der Waals surface area (Å²) in [6.45, 7) is 1.36. The fourth-order valence-electron chi connectivity index (χ4n) is 2.66. The van der Waals surface area contributed by atoms with Crippen molar-refractivity contribution in [3.8, 4) is 0 Å². The number of halogens is 1. The lowest BCUT2D eigenvalue weighted by Crippen LogP contribution is -2.41. The molecule has 0 fully saturated rings. The number of fused-ring (bicyclic) bond motifs is 1. The van der Waals surface area contributed by atoms with E-state index >= 15 is 0 Å². The fourth-order valence-corrected chi connectivity index (χ4v) is 3.60. The van der Waals surface area contributed by atoms with Gasteiger partial charge in [-0.05, 0) is 31.2 Å². The maximum Gasteiger partial charge on any atom is 0.348 e. The van der Waals surface area contributed by atoms with Gasteiger partial charge in [0.2, 0.25) is 5.91 Å². The quantitative estimate of drug-likeness (QED) is 0.831. The standard InChI is InChI=1S/C17H15ClN2O4S/c1-10-8-15(21)19-11-4-2-3-5-12(11)20(10)16(22)9-24-17(23)13-6-7-14(18)25-13/h2-7,10H,8-9H2,1H3,(H,19,21)/t10-/m0/s1. The van der Waals surface area contributed by atoms with E-state index in [0.717, 1.165) is 11.3 Å². The molecule has 0 unspecified atom stereocenters. The predicted molar refractivity (Wildman–Crippen MR) is 96.2 cm³/mol. The molecule has 2 heterocycles. The van der Waals surface area contributed by atoms with Crippen LogP contribution in [0.1, 0.15) is 23.0 Å². The average molecular weight is 379 g/mol. The van der Waals surface area contributed by atoms with E-state index in [-0.39, 0.29) is 18.4 Å². The van der Waals surface area contributed by atoms with E-state index < -0.39 is 18.5 Å². The number of nitrogens with one attached hydrogen (secondary N) is 1. The third-order valence-electron chi connectivity index (χ3n) is 3.73. The van der Waals surface area contributed by atoms with E-state index in [2.05, 4.69) is 5.32 Å². The third kappa shape index (κ3) is 3.83. The van der Waals surface area contributed by atoms with Gasteiger partial charge >= 0.3 is 5.97 Å². The van der Waals surface area contributed by atoms with Crippen LogP contribution in [-0.2, 0) is 14.3 Å². The molecular formula is C17H15ClN2O4S. The maximum absolute atomic E-state index is 12.7. The number of benzene rings is 1. The molecule has 0 saturated carbocycles. The van der Waals surface area contributed by atoms with Gasteiger partial charge in [-0.3, -0.25) is 9.59 Å². The highest BCUT2D eigenvalue weighted by molar-refractivity contribution is 7.17. The van der Waals surface area contributed by atoms with E-state index in [1.807, 2.05) is 0 Å². The second-order valence-electron chi connectivity index (χ2n) is 5.56. The van der Waals surface area contributed by atoms with Crippen LogP contribution in [0.3, 0.4) is 0 Å². The van der Waals surface area contributed by atoms with Crippen molar-refractivity contribution in [2.24, 2.45) is 0 Å². The van der Waals surface area contributed by atoms with Crippen LogP contribution >= 0.6 is 22.9 Å². The van der Waals surface area contributed by atoms with Crippen molar-refractivity contribution in [2.75, 3.05) is 16.8 Å². The molecule has 0 bridgehead atoms. The molecule has 3 rings (SSSR count). The Bertz CT molecular complexity index is 836. The number of hydrogen-bond donors (Lipinski definition) is 1. The summed E-state index contributed by atoms with van der Waals surface area (Å²) in [5.74, 6) is -1.16. The number of rotatable bonds is 3. The van der Waals surface area contributed by atoms with Crippen molar-refractivity contribution in [1.29, 1.82) is 0 Å². The number of anilines is 2. The van der Waals surface area contributed by atoms with Gasteiger partial charge in [0.15, 0.2) is 6.61 Å². The van der Waals surface area contributed by atoms with Crippen LogP contribution in [0, 0.1) is 0 Å². The van der Waals surface area contributed by atoms with Gasteiger partial charge in [-0.1, -0.05) is 23.7 Å². The Labute approximate surface area is 153 Å². The molecule has 0 saturated heterocycles. The zero-order valence-electron chi connectivity index (χ0n) is 13.3. The Morgan fingerprint density at radius 1 is 1.32 bits per heavy atom. The second-order valence-corrected chi connectivity index (χ2v) is 7.28. The smallest absolute Gasteiger partial charge is 0.348 e. The highest BCUT2D eigenvalue weighted by Crippen LogP contribution is 2.31. The molecule has 2 aromatic rings. The monoisotopic (exact) mass is 378 g/mol. The van der Waals surface area contributed by atoms with Gasteiger partial charge in [0, 0.05) is 12.5 Å². The van der Waals surface area contributed by atoms with E-state index in [4.69, 9.17) is 16.3 Å². The van der Waals surface area contributed by atoms with E-state index in [0.29, 0.717) is 20.6 Å². The van der Waals surface area contributed by atoms with Crippen molar-refractivity contribution in [1.82, 2.24) is 0 Å². The highest BCUT2D eigenvalue weighted by Gasteiger charge is 2.30. The minimum Gasteiger partial charge on any atom is -0.451 e. The predicted octanol–water partition coefficient (Wildman–Crippen LogP) is 3.32. The summed E-state index contributed by atoms with van der Waals surface area (Å²) < 4.78 is 5.57. The molecule has 1 atom stereocenters. The first-order chi connectivity index (χ1) is 12.0. The Morgan fingerprint density at radius 2 is 2.08 bits per heavy atom. The molecule has 0 radical (unpaired) electrons. The summed E-state index contributed by atoms with van der Waals surface area (Å²) in [6, 6.07) is 9.82. The van der Waals surface area contributed by atoms with Crippen molar-refractivity contribution in [3.05, 3.63) is 45.6 Å². The number of carbonyl (C=O) groups excluding carboxylic acids is 3. The molecule has 0 spiro atoms. The van der Waals surface area contributed by atoms with Gasteiger partial charge in [-0.2, -0.15) is 0 Å². The van der Waals surface area contributed by atoms with Crippen molar-refractivity contribution < 1.29 is 19.1 Å². The molecule has 25 heavy (non-hydrogen) atoms. The average Bonchev–Trinajstić information content (AvgIpc) is 2.95. The van der Waals surface area contributed by atoms with Gasteiger partial charge in [0.1, 0.15) is 4.88 Å². The van der Waals surface area contributed by atoms with Gasteiger partial charge in [-0.15, -0.1) is 11.3 Å². The zero-order valence-corrected chi connectivity index (χ0v) is 14.9. The van der Waals surface area contributed by atoms with E-state index in [1.54, 1.807) is 43.3 Å². The maximum atomic E-state index is 12.7. The first-order valence-electron chi connectivity index (χ1n) is 7.59. The molecule has 1 aromatic heterocycles. The SMILES string of the molecule is C[C@H]1CC(=O)Nc2ccccc2N1C(=O)COC(=O)c1ccc(Cl)s1. The number of nitrogens with zero attached hydrogens (tertiary/aromatic N) is 1. The lowest BCUT2D eigenvalue weighted by atomic mass is 10.1. The topological polar surface area (TPSA) is 75.7 Å². The Hall–Kier alpha value is -2.38. The van der Waals surface area contributed by atoms with Crippen LogP contribution in [0.2, 0.25) is 4.34 Å². The number of amides is 2. The van der Waals surface area contributed by atoms with E-state index in [1.165, 1.54) is 4.90 Å². The summed E-state index contributed by atoms with van der Waals surface area (Å²) in [6.07, 6.45) is 0.162. The Morgan fingerprint density at radius 3 is 2.80 bits per heavy atom. The van der Waals surface area contributed by atoms with Crippen LogP contribution in [0.5, 0.6) is 0 Å². The van der Waals surface area contributed by atoms with Crippen LogP contribution < -0.4 is 10.2 Å². The van der Waals surface area contributed by atoms with Crippen molar-refractivity contribution in [2.45, 2.75) is 19.4 Å². The molecule has 2 amide bonds.